The summed E-state index contributed by atoms with van der Waals surface area (Å²) in [6, 6.07) is 5.86. The first-order valence-electron chi connectivity index (χ1n) is 6.43. The molecule has 1 amide bonds. The van der Waals surface area contributed by atoms with Crippen molar-refractivity contribution in [2.24, 2.45) is 0 Å². The molecule has 106 valence electrons. The van der Waals surface area contributed by atoms with Gasteiger partial charge in [0, 0.05) is 22.8 Å². The number of benzene rings is 1. The average Bonchev–Trinajstić information content (AvgIpc) is 2.65. The third-order valence-corrected chi connectivity index (χ3v) is 4.50. The maximum Gasteiger partial charge on any atom is 0.261 e. The number of furan rings is 1. The summed E-state index contributed by atoms with van der Waals surface area (Å²) < 4.78 is 6.58. The Labute approximate surface area is 127 Å². The van der Waals surface area contributed by atoms with Crippen molar-refractivity contribution in [3.8, 4) is 0 Å². The molecule has 2 rings (SSSR count). The van der Waals surface area contributed by atoms with E-state index in [4.69, 9.17) is 4.42 Å². The minimum Gasteiger partial charge on any atom is -0.466 e. The summed E-state index contributed by atoms with van der Waals surface area (Å²) in [5.41, 5.74) is 3.53. The van der Waals surface area contributed by atoms with Crippen LogP contribution in [0.3, 0.4) is 0 Å². The van der Waals surface area contributed by atoms with Crippen molar-refractivity contribution < 1.29 is 9.21 Å². The third-order valence-electron chi connectivity index (χ3n) is 3.61. The van der Waals surface area contributed by atoms with E-state index in [0.717, 1.165) is 27.0 Å². The van der Waals surface area contributed by atoms with Crippen LogP contribution in [0.5, 0.6) is 0 Å². The van der Waals surface area contributed by atoms with E-state index in [1.807, 2.05) is 45.9 Å². The van der Waals surface area contributed by atoms with Crippen molar-refractivity contribution in [1.82, 2.24) is 0 Å². The van der Waals surface area contributed by atoms with Crippen molar-refractivity contribution in [2.45, 2.75) is 27.7 Å². The number of anilines is 1. The highest BCUT2D eigenvalue weighted by molar-refractivity contribution is 9.10. The summed E-state index contributed by atoms with van der Waals surface area (Å²) in [5, 5.41) is 0. The Balaban J connectivity index is 2.39. The number of nitrogens with zero attached hydrogens (tertiary/aromatic N) is 1. The number of rotatable bonds is 2. The Morgan fingerprint density at radius 3 is 2.30 bits per heavy atom. The molecule has 0 aliphatic carbocycles. The molecule has 0 aliphatic heterocycles. The summed E-state index contributed by atoms with van der Waals surface area (Å²) >= 11 is 3.47. The van der Waals surface area contributed by atoms with Gasteiger partial charge in [0.2, 0.25) is 0 Å². The molecule has 3 nitrogen and oxygen atoms in total. The second-order valence-electron chi connectivity index (χ2n) is 5.01. The molecule has 1 aromatic carbocycles. The number of halogens is 1. The molecule has 0 saturated carbocycles. The molecule has 0 bridgehead atoms. The first-order chi connectivity index (χ1) is 9.32. The molecular weight excluding hydrogens is 318 g/mol. The quantitative estimate of drug-likeness (QED) is 0.806. The van der Waals surface area contributed by atoms with Gasteiger partial charge in [-0.05, 0) is 51.5 Å². The molecule has 0 N–H and O–H groups in total. The van der Waals surface area contributed by atoms with Gasteiger partial charge in [0.15, 0.2) is 0 Å². The molecule has 1 aromatic heterocycles. The number of amides is 1. The second-order valence-corrected chi connectivity index (χ2v) is 5.87. The maximum absolute atomic E-state index is 12.7. The average molecular weight is 336 g/mol. The summed E-state index contributed by atoms with van der Waals surface area (Å²) in [6.45, 7) is 7.63. The van der Waals surface area contributed by atoms with E-state index in [9.17, 15) is 4.79 Å². The van der Waals surface area contributed by atoms with Crippen LogP contribution in [-0.4, -0.2) is 13.0 Å². The summed E-state index contributed by atoms with van der Waals surface area (Å²) in [7, 11) is 1.78. The zero-order chi connectivity index (χ0) is 15.0. The van der Waals surface area contributed by atoms with Gasteiger partial charge < -0.3 is 9.32 Å². The fraction of sp³-hybridized carbons (Fsp3) is 0.312. The van der Waals surface area contributed by atoms with E-state index >= 15 is 0 Å². The van der Waals surface area contributed by atoms with Gasteiger partial charge in [0.25, 0.3) is 5.91 Å². The lowest BCUT2D eigenvalue weighted by Gasteiger charge is -2.18. The van der Waals surface area contributed by atoms with Crippen molar-refractivity contribution in [3.05, 3.63) is 50.9 Å². The van der Waals surface area contributed by atoms with E-state index in [0.29, 0.717) is 11.3 Å². The SMILES string of the molecule is Cc1cc(N(C)C(=O)c2c(C)oc(C)c2C)ccc1Br. The van der Waals surface area contributed by atoms with Crippen LogP contribution in [0, 0.1) is 27.7 Å². The molecule has 0 saturated heterocycles. The summed E-state index contributed by atoms with van der Waals surface area (Å²) in [6.07, 6.45) is 0. The minimum absolute atomic E-state index is 0.0430. The topological polar surface area (TPSA) is 33.5 Å². The highest BCUT2D eigenvalue weighted by atomic mass is 79.9. The van der Waals surface area contributed by atoms with E-state index in [2.05, 4.69) is 15.9 Å². The molecule has 2 aromatic rings. The van der Waals surface area contributed by atoms with Crippen LogP contribution in [-0.2, 0) is 0 Å². The standard InChI is InChI=1S/C16H18BrNO2/c1-9-8-13(6-7-14(9)17)18(5)16(19)15-10(2)11(3)20-12(15)4/h6-8H,1-5H3. The van der Waals surface area contributed by atoms with Gasteiger partial charge in [-0.2, -0.15) is 0 Å². The Hall–Kier alpha value is -1.55. The van der Waals surface area contributed by atoms with E-state index in [1.165, 1.54) is 0 Å². The summed E-state index contributed by atoms with van der Waals surface area (Å²) in [4.78, 5) is 14.3. The van der Waals surface area contributed by atoms with Crippen LogP contribution >= 0.6 is 15.9 Å². The normalized spacial score (nSPS) is 10.7. The Kier molecular flexibility index (Phi) is 4.04. The fourth-order valence-electron chi connectivity index (χ4n) is 2.23. The van der Waals surface area contributed by atoms with Crippen molar-refractivity contribution >= 4 is 27.5 Å². The highest BCUT2D eigenvalue weighted by Crippen LogP contribution is 2.26. The zero-order valence-corrected chi connectivity index (χ0v) is 14.0. The van der Waals surface area contributed by atoms with E-state index in [1.54, 1.807) is 11.9 Å². The van der Waals surface area contributed by atoms with Crippen LogP contribution in [0.25, 0.3) is 0 Å². The molecule has 0 radical (unpaired) electrons. The molecule has 0 fully saturated rings. The fourth-order valence-corrected chi connectivity index (χ4v) is 2.48. The Morgan fingerprint density at radius 1 is 1.15 bits per heavy atom. The molecule has 4 heteroatoms. The molecule has 1 heterocycles. The third kappa shape index (κ3) is 2.52. The molecule has 0 aliphatic rings. The number of hydrogen-bond acceptors (Lipinski definition) is 2. The monoisotopic (exact) mass is 335 g/mol. The van der Waals surface area contributed by atoms with E-state index in [-0.39, 0.29) is 5.91 Å². The first-order valence-corrected chi connectivity index (χ1v) is 7.23. The van der Waals surface area contributed by atoms with Crippen LogP contribution in [0.15, 0.2) is 27.1 Å². The van der Waals surface area contributed by atoms with Crippen LogP contribution in [0.4, 0.5) is 5.69 Å². The first kappa shape index (κ1) is 14.9. The number of carbonyl (C=O) groups excluding carboxylic acids is 1. The van der Waals surface area contributed by atoms with Crippen LogP contribution in [0.2, 0.25) is 0 Å². The maximum atomic E-state index is 12.7. The van der Waals surface area contributed by atoms with E-state index < -0.39 is 0 Å². The van der Waals surface area contributed by atoms with Crippen molar-refractivity contribution in [3.63, 3.8) is 0 Å². The van der Waals surface area contributed by atoms with Gasteiger partial charge in [0.1, 0.15) is 11.5 Å². The number of carbonyl (C=O) groups is 1. The van der Waals surface area contributed by atoms with Crippen molar-refractivity contribution in [1.29, 1.82) is 0 Å². The van der Waals surface area contributed by atoms with Crippen molar-refractivity contribution in [2.75, 3.05) is 11.9 Å². The second kappa shape index (κ2) is 5.44. The molecule has 0 atom stereocenters. The van der Waals surface area contributed by atoms with Gasteiger partial charge in [-0.1, -0.05) is 15.9 Å². The summed E-state index contributed by atoms with van der Waals surface area (Å²) in [5.74, 6) is 1.43. The Bertz CT molecular complexity index is 673. The van der Waals surface area contributed by atoms with Gasteiger partial charge in [-0.25, -0.2) is 0 Å². The van der Waals surface area contributed by atoms with Gasteiger partial charge >= 0.3 is 0 Å². The Morgan fingerprint density at radius 2 is 1.80 bits per heavy atom. The van der Waals surface area contributed by atoms with Gasteiger partial charge in [-0.15, -0.1) is 0 Å². The van der Waals surface area contributed by atoms with Crippen LogP contribution < -0.4 is 4.90 Å². The lowest BCUT2D eigenvalue weighted by molar-refractivity contribution is 0.0991. The number of hydrogen-bond donors (Lipinski definition) is 0. The molecule has 0 spiro atoms. The molecule has 0 unspecified atom stereocenters. The van der Waals surface area contributed by atoms with Gasteiger partial charge in [-0.3, -0.25) is 4.79 Å². The zero-order valence-electron chi connectivity index (χ0n) is 12.4. The minimum atomic E-state index is -0.0430. The predicted molar refractivity (Wildman–Crippen MR) is 84.5 cm³/mol. The highest BCUT2D eigenvalue weighted by Gasteiger charge is 2.22. The number of aryl methyl sites for hydroxylation is 3. The molecule has 20 heavy (non-hydrogen) atoms. The predicted octanol–water partition coefficient (Wildman–Crippen LogP) is 4.55. The lowest BCUT2D eigenvalue weighted by atomic mass is 10.1. The van der Waals surface area contributed by atoms with Crippen LogP contribution in [0.1, 0.15) is 33.0 Å². The largest absolute Gasteiger partial charge is 0.466 e. The lowest BCUT2D eigenvalue weighted by Crippen LogP contribution is -2.27. The smallest absolute Gasteiger partial charge is 0.261 e. The molecular formula is C16H18BrNO2. The van der Waals surface area contributed by atoms with Gasteiger partial charge in [0.05, 0.1) is 5.56 Å².